The molecule has 0 spiro atoms. The molecule has 0 aromatic heterocycles. The number of nitrogens with zero attached hydrogens (tertiary/aromatic N) is 1. The number of amides is 1. The van der Waals surface area contributed by atoms with Crippen molar-refractivity contribution in [3.05, 3.63) is 72.9 Å². The largest absolute Gasteiger partial charge is 0.472 e. The SMILES string of the molecule is CC/C=C\C/C=C\C/C=C\C/C=C\C/C=C\CCCCCC(=O)NC(COP(=O)(O)OCC[N+](C)(C)C)C(/C=C/CCCCCCCCCCCCC)OC(=O)CCCCCCCCCCCCCCCCCCCCC. The van der Waals surface area contributed by atoms with Crippen molar-refractivity contribution in [2.75, 3.05) is 40.9 Å². The standard InChI is InChI=1S/C67H123N2O7P/c1-7-10-13-16-19-22-25-28-30-32-34-36-38-41-44-47-50-53-56-59-66(70)68-64(63-75-77(72,73)74-62-61-69(4,5)6)65(58-55-52-49-46-43-40-27-24-21-18-15-12-9-3)76-67(71)60-57-54-51-48-45-42-39-37-35-33-31-29-26-23-20-17-14-11-8-2/h10,13,19,22,28,30,34,36,41,44,55,58,64-65H,7-9,11-12,14-18,20-21,23-27,29,31-33,35,37-40,42-43,45-54,56-57,59-63H2,1-6H3,(H-,68,70,72,73)/p+1/b13-10-,22-19-,30-28-,36-34-,44-41-,58-55+. The van der Waals surface area contributed by atoms with Gasteiger partial charge in [-0.3, -0.25) is 18.6 Å². The van der Waals surface area contributed by atoms with E-state index in [4.69, 9.17) is 13.8 Å². The Morgan fingerprint density at radius 2 is 0.831 bits per heavy atom. The van der Waals surface area contributed by atoms with E-state index < -0.39 is 20.0 Å². The minimum atomic E-state index is -4.46. The Bertz CT molecular complexity index is 1550. The zero-order chi connectivity index (χ0) is 56.4. The van der Waals surface area contributed by atoms with Crippen molar-refractivity contribution in [3.63, 3.8) is 0 Å². The number of likely N-dealkylation sites (N-methyl/N-ethyl adjacent to an activating group) is 1. The summed E-state index contributed by atoms with van der Waals surface area (Å²) in [4.78, 5) is 37.8. The first-order valence-corrected chi connectivity index (χ1v) is 33.8. The van der Waals surface area contributed by atoms with Crippen LogP contribution in [0.1, 0.15) is 290 Å². The van der Waals surface area contributed by atoms with Gasteiger partial charge in [0, 0.05) is 12.8 Å². The van der Waals surface area contributed by atoms with Gasteiger partial charge in [-0.05, 0) is 76.7 Å². The monoisotopic (exact) mass is 1100 g/mol. The average Bonchev–Trinajstić information content (AvgIpc) is 3.39. The molecule has 0 aliphatic carbocycles. The zero-order valence-electron chi connectivity index (χ0n) is 51.2. The highest BCUT2D eigenvalue weighted by Crippen LogP contribution is 2.43. The first-order chi connectivity index (χ1) is 37.4. The summed E-state index contributed by atoms with van der Waals surface area (Å²) in [5.74, 6) is -0.534. The van der Waals surface area contributed by atoms with Gasteiger partial charge in [0.05, 0.1) is 33.8 Å². The highest BCUT2D eigenvalue weighted by atomic mass is 31.2. The van der Waals surface area contributed by atoms with Gasteiger partial charge in [0.25, 0.3) is 0 Å². The molecule has 0 fully saturated rings. The number of rotatable bonds is 58. The Hall–Kier alpha value is -2.55. The number of hydrogen-bond donors (Lipinski definition) is 2. The molecule has 3 atom stereocenters. The van der Waals surface area contributed by atoms with Crippen molar-refractivity contribution >= 4 is 19.7 Å². The molecule has 3 unspecified atom stereocenters. The third-order valence-corrected chi connectivity index (χ3v) is 15.1. The molecule has 2 N–H and O–H groups in total. The quantitative estimate of drug-likeness (QED) is 0.0205. The fourth-order valence-electron chi connectivity index (χ4n) is 9.20. The molecule has 10 heteroatoms. The second-order valence-electron chi connectivity index (χ2n) is 22.9. The fourth-order valence-corrected chi connectivity index (χ4v) is 9.94. The molecule has 0 aromatic rings. The predicted molar refractivity (Wildman–Crippen MR) is 332 cm³/mol. The molecule has 0 aliphatic heterocycles. The molecule has 0 saturated carbocycles. The predicted octanol–water partition coefficient (Wildman–Crippen LogP) is 20.0. The van der Waals surface area contributed by atoms with E-state index in [1.807, 2.05) is 33.3 Å². The first kappa shape index (κ1) is 74.5. The number of carbonyl (C=O) groups is 2. The van der Waals surface area contributed by atoms with Crippen LogP contribution in [0, 0.1) is 0 Å². The number of nitrogens with one attached hydrogen (secondary N) is 1. The van der Waals surface area contributed by atoms with Gasteiger partial charge in [-0.25, -0.2) is 4.57 Å². The maximum atomic E-state index is 13.6. The van der Waals surface area contributed by atoms with E-state index in [1.54, 1.807) is 0 Å². The molecule has 0 heterocycles. The number of phosphoric ester groups is 1. The second-order valence-corrected chi connectivity index (χ2v) is 24.4. The van der Waals surface area contributed by atoms with Crippen molar-refractivity contribution < 1.29 is 37.3 Å². The molecule has 0 rings (SSSR count). The lowest BCUT2D eigenvalue weighted by molar-refractivity contribution is -0.870. The van der Waals surface area contributed by atoms with Crippen molar-refractivity contribution in [2.45, 2.75) is 303 Å². The van der Waals surface area contributed by atoms with E-state index in [-0.39, 0.29) is 31.5 Å². The van der Waals surface area contributed by atoms with E-state index >= 15 is 0 Å². The number of esters is 1. The van der Waals surface area contributed by atoms with Crippen molar-refractivity contribution in [1.29, 1.82) is 0 Å². The number of carbonyl (C=O) groups excluding carboxylic acids is 2. The summed E-state index contributed by atoms with van der Waals surface area (Å²) in [6.45, 7) is 6.90. The van der Waals surface area contributed by atoms with E-state index in [0.717, 1.165) is 89.9 Å². The maximum absolute atomic E-state index is 13.6. The minimum Gasteiger partial charge on any atom is -0.456 e. The lowest BCUT2D eigenvalue weighted by Gasteiger charge is -2.27. The van der Waals surface area contributed by atoms with Gasteiger partial charge >= 0.3 is 13.8 Å². The van der Waals surface area contributed by atoms with Gasteiger partial charge in [-0.1, -0.05) is 274 Å². The maximum Gasteiger partial charge on any atom is 0.472 e. The summed E-state index contributed by atoms with van der Waals surface area (Å²) in [6, 6.07) is -0.867. The molecule has 0 saturated heterocycles. The third-order valence-electron chi connectivity index (χ3n) is 14.2. The molecule has 0 bridgehead atoms. The van der Waals surface area contributed by atoms with Crippen molar-refractivity contribution in [3.8, 4) is 0 Å². The Labute approximate surface area is 476 Å². The molecule has 0 radical (unpaired) electrons. The lowest BCUT2D eigenvalue weighted by Crippen LogP contribution is -2.47. The van der Waals surface area contributed by atoms with Crippen LogP contribution in [0.15, 0.2) is 72.9 Å². The van der Waals surface area contributed by atoms with Gasteiger partial charge in [-0.15, -0.1) is 0 Å². The normalized spacial score (nSPS) is 14.1. The zero-order valence-corrected chi connectivity index (χ0v) is 52.1. The average molecular weight is 1100 g/mol. The number of hydrogen-bond acceptors (Lipinski definition) is 6. The van der Waals surface area contributed by atoms with Crippen LogP contribution < -0.4 is 5.32 Å². The highest BCUT2D eigenvalue weighted by Gasteiger charge is 2.30. The van der Waals surface area contributed by atoms with Gasteiger partial charge in [0.1, 0.15) is 19.3 Å². The highest BCUT2D eigenvalue weighted by molar-refractivity contribution is 7.47. The number of unbranched alkanes of at least 4 members (excludes halogenated alkanes) is 32. The minimum absolute atomic E-state index is 0.0324. The number of allylic oxidation sites excluding steroid dienone is 11. The topological polar surface area (TPSA) is 111 Å². The van der Waals surface area contributed by atoms with Gasteiger partial charge in [-0.2, -0.15) is 0 Å². The van der Waals surface area contributed by atoms with Crippen LogP contribution in [0.5, 0.6) is 0 Å². The van der Waals surface area contributed by atoms with Crippen LogP contribution in [-0.2, 0) is 27.9 Å². The molecule has 9 nitrogen and oxygen atoms in total. The Kier molecular flexibility index (Phi) is 54.8. The summed E-state index contributed by atoms with van der Waals surface area (Å²) in [5.41, 5.74) is 0. The van der Waals surface area contributed by atoms with Crippen LogP contribution in [0.4, 0.5) is 0 Å². The van der Waals surface area contributed by atoms with Crippen LogP contribution in [-0.4, -0.2) is 74.3 Å². The van der Waals surface area contributed by atoms with Gasteiger partial charge in [0.15, 0.2) is 0 Å². The van der Waals surface area contributed by atoms with Crippen LogP contribution in [0.2, 0.25) is 0 Å². The van der Waals surface area contributed by atoms with Crippen molar-refractivity contribution in [2.24, 2.45) is 0 Å². The van der Waals surface area contributed by atoms with Gasteiger partial charge < -0.3 is 19.4 Å². The van der Waals surface area contributed by atoms with Crippen LogP contribution in [0.3, 0.4) is 0 Å². The summed E-state index contributed by atoms with van der Waals surface area (Å²) < 4.78 is 30.7. The van der Waals surface area contributed by atoms with Crippen LogP contribution >= 0.6 is 7.82 Å². The molecule has 77 heavy (non-hydrogen) atoms. The molecular formula is C67H124N2O7P+. The van der Waals surface area contributed by atoms with E-state index in [2.05, 4.69) is 86.8 Å². The third kappa shape index (κ3) is 57.9. The molecular weight excluding hydrogens is 976 g/mol. The summed E-state index contributed by atoms with van der Waals surface area (Å²) in [7, 11) is 1.47. The molecule has 1 amide bonds. The molecule has 0 aromatic carbocycles. The number of quaternary nitrogens is 1. The Balaban J connectivity index is 5.30. The van der Waals surface area contributed by atoms with E-state index in [0.29, 0.717) is 23.9 Å². The Morgan fingerprint density at radius 3 is 1.26 bits per heavy atom. The Morgan fingerprint density at radius 1 is 0.468 bits per heavy atom. The van der Waals surface area contributed by atoms with E-state index in [9.17, 15) is 19.0 Å². The van der Waals surface area contributed by atoms with Crippen molar-refractivity contribution in [1.82, 2.24) is 5.32 Å². The summed E-state index contributed by atoms with van der Waals surface area (Å²) in [6.07, 6.45) is 73.3. The fraction of sp³-hybridized carbons (Fsp3) is 0.791. The number of ether oxygens (including phenoxy) is 1. The lowest BCUT2D eigenvalue weighted by atomic mass is 10.0. The molecule has 0 aliphatic rings. The number of phosphoric acid groups is 1. The second kappa shape index (κ2) is 56.7. The van der Waals surface area contributed by atoms with E-state index in [1.165, 1.54) is 161 Å². The smallest absolute Gasteiger partial charge is 0.456 e. The van der Waals surface area contributed by atoms with Gasteiger partial charge in [0.2, 0.25) is 5.91 Å². The summed E-state index contributed by atoms with van der Waals surface area (Å²) >= 11 is 0. The summed E-state index contributed by atoms with van der Waals surface area (Å²) in [5, 5.41) is 3.04. The first-order valence-electron chi connectivity index (χ1n) is 32.3. The molecule has 448 valence electrons. The van der Waals surface area contributed by atoms with Crippen LogP contribution in [0.25, 0.3) is 0 Å².